The molecule has 1 aliphatic rings. The Morgan fingerprint density at radius 2 is 2.15 bits per heavy atom. The van der Waals surface area contributed by atoms with E-state index in [4.69, 9.17) is 4.98 Å². The Morgan fingerprint density at radius 3 is 2.90 bits per heavy atom. The van der Waals surface area contributed by atoms with E-state index in [-0.39, 0.29) is 0 Å². The van der Waals surface area contributed by atoms with E-state index in [1.807, 2.05) is 36.1 Å². The summed E-state index contributed by atoms with van der Waals surface area (Å²) < 4.78 is 0. The fourth-order valence-electron chi connectivity index (χ4n) is 3.01. The molecule has 104 valence electrons. The second-order valence-corrected chi connectivity index (χ2v) is 5.66. The van der Waals surface area contributed by atoms with E-state index in [0.717, 1.165) is 35.2 Å². The van der Waals surface area contributed by atoms with Crippen molar-refractivity contribution < 1.29 is 9.90 Å². The van der Waals surface area contributed by atoms with Gasteiger partial charge in [-0.25, -0.2) is 9.78 Å². The molecule has 0 spiro atoms. The molecular weight excluding hydrogens is 252 g/mol. The highest BCUT2D eigenvalue weighted by molar-refractivity contribution is 5.86. The maximum absolute atomic E-state index is 11.6. The first-order chi connectivity index (χ1) is 9.52. The number of rotatable bonds is 2. The molecule has 0 bridgehead atoms. The van der Waals surface area contributed by atoms with Gasteiger partial charge >= 0.3 is 5.97 Å². The highest BCUT2D eigenvalue weighted by Crippen LogP contribution is 2.35. The summed E-state index contributed by atoms with van der Waals surface area (Å²) in [6.07, 6.45) is 1.55. The maximum Gasteiger partial charge on any atom is 0.329 e. The van der Waals surface area contributed by atoms with Gasteiger partial charge in [-0.15, -0.1) is 0 Å². The van der Waals surface area contributed by atoms with Gasteiger partial charge in [0.15, 0.2) is 0 Å². The van der Waals surface area contributed by atoms with Gasteiger partial charge in [-0.3, -0.25) is 0 Å². The van der Waals surface area contributed by atoms with Crippen LogP contribution in [0.4, 0.5) is 5.82 Å². The number of hydrogen-bond donors (Lipinski definition) is 1. The average molecular weight is 270 g/mol. The fraction of sp³-hybridized carbons (Fsp3) is 0.375. The number of aliphatic carboxylic acids is 1. The van der Waals surface area contributed by atoms with Crippen LogP contribution in [0.25, 0.3) is 10.9 Å². The lowest BCUT2D eigenvalue weighted by Gasteiger charge is -2.33. The molecule has 0 amide bonds. The van der Waals surface area contributed by atoms with Crippen molar-refractivity contribution in [3.63, 3.8) is 0 Å². The van der Waals surface area contributed by atoms with Crippen LogP contribution < -0.4 is 4.90 Å². The molecule has 1 aromatic heterocycles. The molecule has 1 saturated heterocycles. The number of anilines is 1. The molecule has 1 unspecified atom stereocenters. The number of pyridine rings is 1. The molecule has 1 N–H and O–H groups in total. The maximum atomic E-state index is 11.6. The molecule has 1 aliphatic heterocycles. The van der Waals surface area contributed by atoms with Gasteiger partial charge in [-0.2, -0.15) is 0 Å². The molecule has 0 aliphatic carbocycles. The zero-order chi connectivity index (χ0) is 14.3. The highest BCUT2D eigenvalue weighted by Gasteiger charge is 2.44. The normalized spacial score (nSPS) is 22.4. The molecule has 0 radical (unpaired) electrons. The van der Waals surface area contributed by atoms with Crippen molar-refractivity contribution in [3.8, 4) is 0 Å². The third kappa shape index (κ3) is 1.83. The van der Waals surface area contributed by atoms with Gasteiger partial charge in [0.05, 0.1) is 5.52 Å². The minimum Gasteiger partial charge on any atom is -0.480 e. The lowest BCUT2D eigenvalue weighted by Crippen LogP contribution is -2.48. The Hall–Kier alpha value is -2.10. The third-order valence-electron chi connectivity index (χ3n) is 4.25. The fourth-order valence-corrected chi connectivity index (χ4v) is 3.01. The molecule has 1 aromatic carbocycles. The molecule has 20 heavy (non-hydrogen) atoms. The van der Waals surface area contributed by atoms with Crippen molar-refractivity contribution in [2.45, 2.75) is 32.2 Å². The zero-order valence-corrected chi connectivity index (χ0v) is 11.8. The minimum atomic E-state index is -0.847. The predicted octanol–water partition coefficient (Wildman–Crippen LogP) is 2.99. The van der Waals surface area contributed by atoms with Crippen molar-refractivity contribution in [2.24, 2.45) is 0 Å². The van der Waals surface area contributed by atoms with E-state index < -0.39 is 11.5 Å². The van der Waals surface area contributed by atoms with E-state index >= 15 is 0 Å². The van der Waals surface area contributed by atoms with E-state index in [2.05, 4.69) is 6.07 Å². The molecule has 0 saturated carbocycles. The molecule has 1 atom stereocenters. The van der Waals surface area contributed by atoms with Gasteiger partial charge < -0.3 is 10.0 Å². The first kappa shape index (κ1) is 12.9. The van der Waals surface area contributed by atoms with Crippen LogP contribution in [-0.4, -0.2) is 28.1 Å². The summed E-state index contributed by atoms with van der Waals surface area (Å²) in [4.78, 5) is 18.3. The van der Waals surface area contributed by atoms with Crippen LogP contribution in [0, 0.1) is 6.92 Å². The summed E-state index contributed by atoms with van der Waals surface area (Å²) in [7, 11) is 0. The number of benzene rings is 1. The first-order valence-electron chi connectivity index (χ1n) is 6.90. The van der Waals surface area contributed by atoms with Crippen LogP contribution in [0.2, 0.25) is 0 Å². The number of nitrogens with zero attached hydrogens (tertiary/aromatic N) is 2. The summed E-state index contributed by atoms with van der Waals surface area (Å²) in [6, 6.07) is 10.0. The number of aromatic nitrogens is 1. The number of carboxylic acid groups (broad SMARTS) is 1. The topological polar surface area (TPSA) is 53.4 Å². The number of aryl methyl sites for hydroxylation is 1. The Balaban J connectivity index is 2.14. The quantitative estimate of drug-likeness (QED) is 0.911. The van der Waals surface area contributed by atoms with Crippen LogP contribution in [0.15, 0.2) is 30.3 Å². The lowest BCUT2D eigenvalue weighted by atomic mass is 9.99. The molecule has 4 nitrogen and oxygen atoms in total. The van der Waals surface area contributed by atoms with Crippen LogP contribution >= 0.6 is 0 Å². The van der Waals surface area contributed by atoms with Crippen molar-refractivity contribution in [1.29, 1.82) is 0 Å². The molecule has 4 heteroatoms. The number of para-hydroxylation sites is 1. The van der Waals surface area contributed by atoms with Gasteiger partial charge in [-0.05, 0) is 44.4 Å². The smallest absolute Gasteiger partial charge is 0.329 e. The summed E-state index contributed by atoms with van der Waals surface area (Å²) in [5.74, 6) is 0.0236. The van der Waals surface area contributed by atoms with Crippen molar-refractivity contribution >= 4 is 22.7 Å². The number of carboxylic acids is 1. The van der Waals surface area contributed by atoms with E-state index in [1.54, 1.807) is 6.92 Å². The van der Waals surface area contributed by atoms with Crippen molar-refractivity contribution in [3.05, 3.63) is 35.9 Å². The summed E-state index contributed by atoms with van der Waals surface area (Å²) in [6.45, 7) is 4.53. The molecule has 1 fully saturated rings. The highest BCUT2D eigenvalue weighted by atomic mass is 16.4. The van der Waals surface area contributed by atoms with E-state index in [9.17, 15) is 9.90 Å². The van der Waals surface area contributed by atoms with E-state index in [0.29, 0.717) is 6.42 Å². The van der Waals surface area contributed by atoms with Gasteiger partial charge in [0.2, 0.25) is 0 Å². The van der Waals surface area contributed by atoms with E-state index in [1.165, 1.54) is 0 Å². The minimum absolute atomic E-state index is 0.663. The molecule has 2 aromatic rings. The number of fused-ring (bicyclic) bond motifs is 1. The lowest BCUT2D eigenvalue weighted by molar-refractivity contribution is -0.142. The Morgan fingerprint density at radius 1 is 1.40 bits per heavy atom. The Labute approximate surface area is 118 Å². The summed E-state index contributed by atoms with van der Waals surface area (Å²) >= 11 is 0. The van der Waals surface area contributed by atoms with Crippen LogP contribution in [-0.2, 0) is 4.79 Å². The average Bonchev–Trinajstić information content (AvgIpc) is 2.81. The van der Waals surface area contributed by atoms with Crippen LogP contribution in [0.1, 0.15) is 25.3 Å². The van der Waals surface area contributed by atoms with Crippen LogP contribution in [0.5, 0.6) is 0 Å². The first-order valence-corrected chi connectivity index (χ1v) is 6.90. The predicted molar refractivity (Wildman–Crippen MR) is 79.1 cm³/mol. The number of carbonyl (C=O) groups is 1. The Kier molecular flexibility index (Phi) is 2.89. The monoisotopic (exact) mass is 270 g/mol. The van der Waals surface area contributed by atoms with Gasteiger partial charge in [-0.1, -0.05) is 18.2 Å². The number of hydrogen-bond acceptors (Lipinski definition) is 3. The van der Waals surface area contributed by atoms with Gasteiger partial charge in [0, 0.05) is 11.9 Å². The van der Waals surface area contributed by atoms with Crippen LogP contribution in [0.3, 0.4) is 0 Å². The SMILES string of the molecule is Cc1cc2ccccc2nc1N1CCCC1(C)C(=O)O. The molecular formula is C16H18N2O2. The standard InChI is InChI=1S/C16H18N2O2/c1-11-10-12-6-3-4-7-13(12)17-14(11)18-9-5-8-16(18,2)15(19)20/h3-4,6-7,10H,5,8-9H2,1-2H3,(H,19,20). The molecule has 3 rings (SSSR count). The summed E-state index contributed by atoms with van der Waals surface area (Å²) in [5.41, 5.74) is 1.09. The van der Waals surface area contributed by atoms with Gasteiger partial charge in [0.1, 0.15) is 11.4 Å². The van der Waals surface area contributed by atoms with Crippen molar-refractivity contribution in [1.82, 2.24) is 4.98 Å². The van der Waals surface area contributed by atoms with Gasteiger partial charge in [0.25, 0.3) is 0 Å². The third-order valence-corrected chi connectivity index (χ3v) is 4.25. The summed E-state index contributed by atoms with van der Waals surface area (Å²) in [5, 5.41) is 10.6. The second kappa shape index (κ2) is 4.47. The largest absolute Gasteiger partial charge is 0.480 e. The Bertz CT molecular complexity index is 683. The zero-order valence-electron chi connectivity index (χ0n) is 11.8. The second-order valence-electron chi connectivity index (χ2n) is 5.66. The molecule has 2 heterocycles. The van der Waals surface area contributed by atoms with Crippen molar-refractivity contribution in [2.75, 3.05) is 11.4 Å².